The molecule has 13 nitrogen and oxygen atoms in total. The van der Waals surface area contributed by atoms with E-state index in [0.29, 0.717) is 30.2 Å². The third-order valence-corrected chi connectivity index (χ3v) is 9.44. The highest BCUT2D eigenvalue weighted by molar-refractivity contribution is 8.03. The second-order valence-electron chi connectivity index (χ2n) is 8.57. The molecular weight excluding hydrogens is 568 g/mol. The van der Waals surface area contributed by atoms with Gasteiger partial charge < -0.3 is 26.1 Å². The number of allylic oxidation sites excluding steroid dienone is 1. The molecule has 0 radical (unpaired) electrons. The molecule has 3 aliphatic rings. The molecule has 5 N–H and O–H groups in total. The Morgan fingerprint density at radius 2 is 2.13 bits per heavy atom. The second kappa shape index (κ2) is 11.8. The number of nitrogens with two attached hydrogens (primary N) is 1. The fourth-order valence-corrected chi connectivity index (χ4v) is 7.07. The van der Waals surface area contributed by atoms with Crippen LogP contribution in [0.5, 0.6) is 0 Å². The topological polar surface area (TPSA) is 185 Å². The first-order valence-electron chi connectivity index (χ1n) is 11.9. The van der Waals surface area contributed by atoms with Gasteiger partial charge in [0.25, 0.3) is 11.8 Å². The lowest BCUT2D eigenvalue weighted by Crippen LogP contribution is -2.71. The number of amides is 3. The zero-order chi connectivity index (χ0) is 28.3. The van der Waals surface area contributed by atoms with Crippen molar-refractivity contribution in [3.8, 4) is 0 Å². The number of hydrogen-bond donors (Lipinski definition) is 4. The first-order valence-corrected chi connectivity index (χ1v) is 14.8. The van der Waals surface area contributed by atoms with Crippen LogP contribution in [0.1, 0.15) is 19.5 Å². The van der Waals surface area contributed by atoms with E-state index in [1.165, 1.54) is 28.4 Å². The van der Waals surface area contributed by atoms with E-state index in [4.69, 9.17) is 10.6 Å². The minimum atomic E-state index is -1.23. The van der Waals surface area contributed by atoms with Gasteiger partial charge >= 0.3 is 12.1 Å². The number of hydrogen-bond acceptors (Lipinski definition) is 11. The fourth-order valence-electron chi connectivity index (χ4n) is 4.12. The number of likely N-dealkylation sites (N-methyl/N-ethyl adjacent to an activating group) is 1. The fraction of sp³-hybridized carbons (Fsp3) is 0.391. The maximum atomic E-state index is 13.1. The Morgan fingerprint density at radius 3 is 2.69 bits per heavy atom. The molecule has 39 heavy (non-hydrogen) atoms. The largest absolute Gasteiger partial charge is 0.518 e. The average molecular weight is 596 g/mol. The van der Waals surface area contributed by atoms with Gasteiger partial charge in [0.05, 0.1) is 6.54 Å². The predicted octanol–water partition coefficient (Wildman–Crippen LogP) is 1.86. The first kappa shape index (κ1) is 28.7. The van der Waals surface area contributed by atoms with Gasteiger partial charge in [0.15, 0.2) is 10.8 Å². The Morgan fingerprint density at radius 1 is 1.36 bits per heavy atom. The minimum absolute atomic E-state index is 0.0955. The molecule has 0 spiro atoms. The number of aromatic nitrogens is 1. The van der Waals surface area contributed by atoms with Gasteiger partial charge in [-0.15, -0.1) is 34.9 Å². The van der Waals surface area contributed by atoms with E-state index >= 15 is 0 Å². The minimum Gasteiger partial charge on any atom is -0.477 e. The number of fused-ring (bicyclic) bond motifs is 1. The van der Waals surface area contributed by atoms with Crippen LogP contribution >= 0.6 is 34.9 Å². The van der Waals surface area contributed by atoms with Gasteiger partial charge in [-0.05, 0) is 25.5 Å². The second-order valence-corrected chi connectivity index (χ2v) is 11.6. The van der Waals surface area contributed by atoms with E-state index in [-0.39, 0.29) is 33.3 Å². The number of carbonyl (C=O) groups is 4. The third kappa shape index (κ3) is 5.68. The van der Waals surface area contributed by atoms with Crippen LogP contribution in [-0.2, 0) is 19.2 Å². The number of carboxylic acids is 1. The Bertz CT molecular complexity index is 1320. The number of nitrogens with zero attached hydrogens (tertiary/aromatic N) is 4. The monoisotopic (exact) mass is 595 g/mol. The molecule has 1 unspecified atom stereocenters. The molecule has 4 rings (SSSR count). The molecule has 208 valence electrons. The number of carboxylic acid groups (broad SMARTS) is 2. The highest BCUT2D eigenvalue weighted by Gasteiger charge is 2.54. The van der Waals surface area contributed by atoms with Gasteiger partial charge in [-0.3, -0.25) is 14.5 Å². The molecule has 1 aromatic heterocycles. The number of nitrogen functional groups attached to an aromatic ring is 1. The summed E-state index contributed by atoms with van der Waals surface area (Å²) >= 11 is 3.86. The van der Waals surface area contributed by atoms with Crippen molar-refractivity contribution in [1.82, 2.24) is 15.2 Å². The van der Waals surface area contributed by atoms with Crippen molar-refractivity contribution >= 4 is 69.6 Å². The lowest BCUT2D eigenvalue weighted by Gasteiger charge is -2.49. The summed E-state index contributed by atoms with van der Waals surface area (Å²) in [6.07, 6.45) is 4.23. The molecule has 1 fully saturated rings. The molecule has 3 amide bonds. The van der Waals surface area contributed by atoms with Crippen molar-refractivity contribution < 1.29 is 38.7 Å². The molecule has 3 atom stereocenters. The SMILES string of the molecule is CCO/N=C(\C(=O)N[C@@H]1C(=O)N2C(C(=O)O)=C(CSC3=CC[N+](CC)(C(=O)O)C=C3)CS[C@H]12)c1csc(N)n1. The van der Waals surface area contributed by atoms with Gasteiger partial charge in [-0.25, -0.2) is 9.78 Å². The molecule has 3 aliphatic heterocycles. The van der Waals surface area contributed by atoms with Crippen LogP contribution < -0.4 is 11.1 Å². The maximum absolute atomic E-state index is 13.1. The van der Waals surface area contributed by atoms with E-state index in [1.54, 1.807) is 31.5 Å². The van der Waals surface area contributed by atoms with Crippen LogP contribution in [0.3, 0.4) is 0 Å². The lowest BCUT2D eigenvalue weighted by atomic mass is 10.0. The number of quaternary nitrogens is 1. The normalized spacial score (nSPS) is 24.6. The summed E-state index contributed by atoms with van der Waals surface area (Å²) in [5, 5.41) is 27.1. The van der Waals surface area contributed by atoms with Crippen molar-refractivity contribution in [1.29, 1.82) is 0 Å². The molecule has 0 saturated carbocycles. The van der Waals surface area contributed by atoms with Crippen LogP contribution in [0.2, 0.25) is 0 Å². The number of anilines is 1. The first-order chi connectivity index (χ1) is 18.6. The van der Waals surface area contributed by atoms with Crippen molar-refractivity contribution in [3.05, 3.63) is 45.6 Å². The standard InChI is InChI=1S/C23H26N6O7S3/c1-3-29(23(34)35)7-5-13(6-8-29)37-9-12-10-38-20-16(19(31)28(20)17(12)21(32)33)26-18(30)15(27-36-4-2)14-11-39-22(24)25-14/h5-7,11,16,20H,3-4,8-10H2,1-2H3,(H4-,24,25,26,30,32,33,34,35)/p+1/b27-15-/t16-,20-,29?/m1/s1. The molecular formula is C23H27N6O7S3+. The van der Waals surface area contributed by atoms with E-state index in [2.05, 4.69) is 15.5 Å². The molecule has 0 bridgehead atoms. The predicted molar refractivity (Wildman–Crippen MR) is 148 cm³/mol. The van der Waals surface area contributed by atoms with Gasteiger partial charge in [-0.2, -0.15) is 9.28 Å². The summed E-state index contributed by atoms with van der Waals surface area (Å²) in [5.41, 5.74) is 6.22. The Hall–Kier alpha value is -3.34. The Labute approximate surface area is 236 Å². The van der Waals surface area contributed by atoms with E-state index in [1.807, 2.05) is 6.08 Å². The number of rotatable bonds is 10. The molecule has 4 heterocycles. The van der Waals surface area contributed by atoms with Gasteiger partial charge in [0.1, 0.15) is 42.2 Å². The molecule has 0 aromatic carbocycles. The summed E-state index contributed by atoms with van der Waals surface area (Å²) in [4.78, 5) is 61.0. The summed E-state index contributed by atoms with van der Waals surface area (Å²) in [6.45, 7) is 4.40. The average Bonchev–Trinajstić information content (AvgIpc) is 3.35. The van der Waals surface area contributed by atoms with Gasteiger partial charge in [-0.1, -0.05) is 5.16 Å². The maximum Gasteiger partial charge on any atom is 0.518 e. The summed E-state index contributed by atoms with van der Waals surface area (Å²) < 4.78 is -0.201. The quantitative estimate of drug-likeness (QED) is 0.134. The molecule has 16 heteroatoms. The highest BCUT2D eigenvalue weighted by Crippen LogP contribution is 2.42. The van der Waals surface area contributed by atoms with Gasteiger partial charge in [0.2, 0.25) is 0 Å². The van der Waals surface area contributed by atoms with Crippen LogP contribution in [0, 0.1) is 0 Å². The number of carbonyl (C=O) groups excluding carboxylic acids is 2. The number of thiazole rings is 1. The van der Waals surface area contributed by atoms with Crippen LogP contribution in [0.15, 0.2) is 45.1 Å². The molecule has 1 aromatic rings. The lowest BCUT2D eigenvalue weighted by molar-refractivity contribution is -0.798. The number of nitrogens with one attached hydrogen (secondary N) is 1. The summed E-state index contributed by atoms with van der Waals surface area (Å²) in [6, 6.07) is -0.950. The van der Waals surface area contributed by atoms with Crippen molar-refractivity contribution in [3.63, 3.8) is 0 Å². The summed E-state index contributed by atoms with van der Waals surface area (Å²) in [7, 11) is 0. The number of oxime groups is 1. The highest BCUT2D eigenvalue weighted by atomic mass is 32.2. The van der Waals surface area contributed by atoms with Crippen molar-refractivity contribution in [2.45, 2.75) is 25.3 Å². The van der Waals surface area contributed by atoms with Crippen LogP contribution in [0.4, 0.5) is 9.93 Å². The molecule has 1 saturated heterocycles. The van der Waals surface area contributed by atoms with Crippen molar-refractivity contribution in [2.24, 2.45) is 5.16 Å². The number of thioether (sulfide) groups is 2. The van der Waals surface area contributed by atoms with Crippen LogP contribution in [0.25, 0.3) is 0 Å². The summed E-state index contributed by atoms with van der Waals surface area (Å²) in [5.74, 6) is -1.80. The number of β-lactam (4-membered cyclic amide) rings is 1. The van der Waals surface area contributed by atoms with Gasteiger partial charge in [0, 0.05) is 27.9 Å². The van der Waals surface area contributed by atoms with Crippen LogP contribution in [-0.4, -0.2) is 96.8 Å². The number of aliphatic carboxylic acids is 1. The third-order valence-electron chi connectivity index (χ3n) is 6.30. The zero-order valence-electron chi connectivity index (χ0n) is 21.0. The van der Waals surface area contributed by atoms with E-state index in [0.717, 1.165) is 16.2 Å². The van der Waals surface area contributed by atoms with Crippen molar-refractivity contribution in [2.75, 3.05) is 36.9 Å². The van der Waals surface area contributed by atoms with E-state index in [9.17, 15) is 29.4 Å². The zero-order valence-corrected chi connectivity index (χ0v) is 23.5. The smallest absolute Gasteiger partial charge is 0.477 e. The Kier molecular flexibility index (Phi) is 8.68. The molecule has 0 aliphatic carbocycles. The Balaban J connectivity index is 1.45. The van der Waals surface area contributed by atoms with E-state index < -0.39 is 35.3 Å².